The van der Waals surface area contributed by atoms with Crippen LogP contribution in [0.3, 0.4) is 0 Å². The third kappa shape index (κ3) is 3.70. The maximum atomic E-state index is 10.9. The second kappa shape index (κ2) is 5.26. The second-order valence-corrected chi connectivity index (χ2v) is 6.57. The van der Waals surface area contributed by atoms with Gasteiger partial charge in [-0.05, 0) is 31.2 Å². The number of nitrogens with one attached hydrogen (secondary N) is 1. The zero-order chi connectivity index (χ0) is 10.6. The SMILES string of the molecule is CS(=O)CCCNC1CCCC1(C)C. The van der Waals surface area contributed by atoms with Crippen molar-refractivity contribution >= 4 is 10.8 Å². The highest BCUT2D eigenvalue weighted by molar-refractivity contribution is 7.84. The maximum absolute atomic E-state index is 10.9. The van der Waals surface area contributed by atoms with Crippen molar-refractivity contribution in [3.8, 4) is 0 Å². The summed E-state index contributed by atoms with van der Waals surface area (Å²) < 4.78 is 10.9. The molecule has 0 aromatic rings. The lowest BCUT2D eigenvalue weighted by Crippen LogP contribution is -2.38. The van der Waals surface area contributed by atoms with Crippen molar-refractivity contribution in [1.82, 2.24) is 5.32 Å². The van der Waals surface area contributed by atoms with Crippen molar-refractivity contribution < 1.29 is 4.21 Å². The van der Waals surface area contributed by atoms with Gasteiger partial charge in [0.25, 0.3) is 0 Å². The van der Waals surface area contributed by atoms with Crippen molar-refractivity contribution in [2.75, 3.05) is 18.6 Å². The van der Waals surface area contributed by atoms with E-state index in [1.54, 1.807) is 6.26 Å². The van der Waals surface area contributed by atoms with Gasteiger partial charge in [-0.25, -0.2) is 0 Å². The normalized spacial score (nSPS) is 27.8. The standard InChI is InChI=1S/C11H23NOS/c1-11(2)7-4-6-10(11)12-8-5-9-14(3)13/h10,12H,4-9H2,1-3H3. The summed E-state index contributed by atoms with van der Waals surface area (Å²) >= 11 is 0. The molecule has 84 valence electrons. The maximum Gasteiger partial charge on any atom is 0.0244 e. The molecule has 0 bridgehead atoms. The zero-order valence-electron chi connectivity index (χ0n) is 9.64. The molecule has 1 aliphatic carbocycles. The summed E-state index contributed by atoms with van der Waals surface area (Å²) in [5.74, 6) is 0.833. The van der Waals surface area contributed by atoms with Crippen LogP contribution in [0.5, 0.6) is 0 Å². The molecule has 2 unspecified atom stereocenters. The molecule has 1 saturated carbocycles. The molecule has 0 aliphatic heterocycles. The molecule has 3 heteroatoms. The summed E-state index contributed by atoms with van der Waals surface area (Å²) in [6, 6.07) is 0.674. The van der Waals surface area contributed by atoms with Gasteiger partial charge in [-0.15, -0.1) is 0 Å². The molecule has 0 amide bonds. The van der Waals surface area contributed by atoms with Gasteiger partial charge in [0.05, 0.1) is 0 Å². The third-order valence-corrected chi connectivity index (χ3v) is 4.12. The highest BCUT2D eigenvalue weighted by Crippen LogP contribution is 2.36. The van der Waals surface area contributed by atoms with Crippen LogP contribution in [-0.4, -0.2) is 28.8 Å². The summed E-state index contributed by atoms with van der Waals surface area (Å²) in [7, 11) is -0.628. The van der Waals surface area contributed by atoms with Crippen molar-refractivity contribution in [3.05, 3.63) is 0 Å². The fraction of sp³-hybridized carbons (Fsp3) is 1.00. The van der Waals surface area contributed by atoms with Crippen LogP contribution in [0.2, 0.25) is 0 Å². The first-order chi connectivity index (χ1) is 6.52. The van der Waals surface area contributed by atoms with Gasteiger partial charge in [-0.1, -0.05) is 20.3 Å². The lowest BCUT2D eigenvalue weighted by atomic mass is 9.87. The predicted molar refractivity (Wildman–Crippen MR) is 63.0 cm³/mol. The van der Waals surface area contributed by atoms with Gasteiger partial charge < -0.3 is 5.32 Å². The van der Waals surface area contributed by atoms with Crippen molar-refractivity contribution in [1.29, 1.82) is 0 Å². The summed E-state index contributed by atoms with van der Waals surface area (Å²) in [6.07, 6.45) is 6.81. The number of hydrogen-bond acceptors (Lipinski definition) is 2. The van der Waals surface area contributed by atoms with Gasteiger partial charge in [0.2, 0.25) is 0 Å². The first-order valence-electron chi connectivity index (χ1n) is 5.56. The Morgan fingerprint density at radius 3 is 2.71 bits per heavy atom. The minimum atomic E-state index is -0.628. The molecule has 1 fully saturated rings. The topological polar surface area (TPSA) is 29.1 Å². The van der Waals surface area contributed by atoms with E-state index in [0.29, 0.717) is 11.5 Å². The van der Waals surface area contributed by atoms with E-state index in [1.165, 1.54) is 19.3 Å². The van der Waals surface area contributed by atoms with E-state index >= 15 is 0 Å². The lowest BCUT2D eigenvalue weighted by Gasteiger charge is -2.27. The van der Waals surface area contributed by atoms with E-state index in [4.69, 9.17) is 0 Å². The van der Waals surface area contributed by atoms with Crippen LogP contribution >= 0.6 is 0 Å². The number of hydrogen-bond donors (Lipinski definition) is 1. The van der Waals surface area contributed by atoms with Gasteiger partial charge in [-0.3, -0.25) is 4.21 Å². The Hall–Kier alpha value is 0.110. The lowest BCUT2D eigenvalue weighted by molar-refractivity contribution is 0.285. The molecule has 0 saturated heterocycles. The molecule has 1 aliphatic rings. The molecular formula is C11H23NOS. The molecule has 0 aromatic carbocycles. The van der Waals surface area contributed by atoms with E-state index < -0.39 is 10.8 Å². The van der Waals surface area contributed by atoms with E-state index in [2.05, 4.69) is 19.2 Å². The Bertz CT molecular complexity index is 203. The quantitative estimate of drug-likeness (QED) is 0.713. The van der Waals surface area contributed by atoms with E-state index in [-0.39, 0.29) is 0 Å². The van der Waals surface area contributed by atoms with Crippen LogP contribution in [0.1, 0.15) is 39.5 Å². The van der Waals surface area contributed by atoms with Crippen LogP contribution in [0.4, 0.5) is 0 Å². The van der Waals surface area contributed by atoms with E-state index in [9.17, 15) is 4.21 Å². The fourth-order valence-electron chi connectivity index (χ4n) is 2.26. The van der Waals surface area contributed by atoms with E-state index in [1.807, 2.05) is 0 Å². The fourth-order valence-corrected chi connectivity index (χ4v) is 2.81. The highest BCUT2D eigenvalue weighted by atomic mass is 32.2. The molecule has 0 radical (unpaired) electrons. The molecule has 0 heterocycles. The summed E-state index contributed by atoms with van der Waals surface area (Å²) in [5.41, 5.74) is 0.464. The first kappa shape index (κ1) is 12.2. The molecule has 0 aromatic heterocycles. The van der Waals surface area contributed by atoms with Crippen LogP contribution < -0.4 is 5.32 Å². The smallest absolute Gasteiger partial charge is 0.0244 e. The molecule has 1 N–H and O–H groups in total. The van der Waals surface area contributed by atoms with Gasteiger partial charge in [0.15, 0.2) is 0 Å². The van der Waals surface area contributed by atoms with Crippen LogP contribution in [0.15, 0.2) is 0 Å². The first-order valence-corrected chi connectivity index (χ1v) is 7.28. The average Bonchev–Trinajstić information content (AvgIpc) is 2.39. The van der Waals surface area contributed by atoms with Crippen LogP contribution in [0, 0.1) is 5.41 Å². The Morgan fingerprint density at radius 1 is 1.50 bits per heavy atom. The zero-order valence-corrected chi connectivity index (χ0v) is 10.5. The molecule has 0 spiro atoms. The Balaban J connectivity index is 2.15. The van der Waals surface area contributed by atoms with Gasteiger partial charge in [0, 0.05) is 28.9 Å². The third-order valence-electron chi connectivity index (χ3n) is 3.26. The Kier molecular flexibility index (Phi) is 4.58. The van der Waals surface area contributed by atoms with Crippen molar-refractivity contribution in [2.45, 2.75) is 45.6 Å². The van der Waals surface area contributed by atoms with Gasteiger partial charge >= 0.3 is 0 Å². The Labute approximate surface area is 90.3 Å². The second-order valence-electron chi connectivity index (χ2n) is 5.02. The highest BCUT2D eigenvalue weighted by Gasteiger charge is 2.33. The van der Waals surface area contributed by atoms with Crippen LogP contribution in [-0.2, 0) is 10.8 Å². The monoisotopic (exact) mass is 217 g/mol. The van der Waals surface area contributed by atoms with Crippen molar-refractivity contribution in [2.24, 2.45) is 5.41 Å². The number of rotatable bonds is 5. The molecular weight excluding hydrogens is 194 g/mol. The van der Waals surface area contributed by atoms with Gasteiger partial charge in [0.1, 0.15) is 0 Å². The summed E-state index contributed by atoms with van der Waals surface area (Å²) in [4.78, 5) is 0. The summed E-state index contributed by atoms with van der Waals surface area (Å²) in [6.45, 7) is 5.71. The predicted octanol–water partition coefficient (Wildman–Crippen LogP) is 1.92. The Morgan fingerprint density at radius 2 is 2.21 bits per heavy atom. The largest absolute Gasteiger partial charge is 0.313 e. The van der Waals surface area contributed by atoms with Crippen molar-refractivity contribution in [3.63, 3.8) is 0 Å². The minimum absolute atomic E-state index is 0.464. The minimum Gasteiger partial charge on any atom is -0.313 e. The molecule has 1 rings (SSSR count). The van der Waals surface area contributed by atoms with Crippen LogP contribution in [0.25, 0.3) is 0 Å². The van der Waals surface area contributed by atoms with Gasteiger partial charge in [-0.2, -0.15) is 0 Å². The average molecular weight is 217 g/mol. The molecule has 14 heavy (non-hydrogen) atoms. The molecule has 2 nitrogen and oxygen atoms in total. The van der Waals surface area contributed by atoms with E-state index in [0.717, 1.165) is 18.7 Å². The summed E-state index contributed by atoms with van der Waals surface area (Å²) in [5, 5.41) is 3.59. The molecule has 2 atom stereocenters.